The summed E-state index contributed by atoms with van der Waals surface area (Å²) in [6.07, 6.45) is 4.73. The van der Waals surface area contributed by atoms with E-state index in [1.807, 2.05) is 18.2 Å². The van der Waals surface area contributed by atoms with Crippen molar-refractivity contribution >= 4 is 50.8 Å². The molecular formula is C23H24ClN3O2S2. The minimum atomic E-state index is -0.122. The van der Waals surface area contributed by atoms with Crippen molar-refractivity contribution in [3.8, 4) is 0 Å². The lowest BCUT2D eigenvalue weighted by atomic mass is 9.89. The molecule has 0 saturated carbocycles. The van der Waals surface area contributed by atoms with Gasteiger partial charge in [-0.2, -0.15) is 0 Å². The Labute approximate surface area is 194 Å². The zero-order valence-corrected chi connectivity index (χ0v) is 19.7. The number of benzene rings is 1. The monoisotopic (exact) mass is 473 g/mol. The minimum absolute atomic E-state index is 0.0289. The number of halogens is 1. The number of nitrogens with one attached hydrogen (secondary N) is 1. The first-order valence-electron chi connectivity index (χ1n) is 10.3. The van der Waals surface area contributed by atoms with Gasteiger partial charge in [-0.05, 0) is 48.4 Å². The quantitative estimate of drug-likeness (QED) is 0.303. The van der Waals surface area contributed by atoms with Gasteiger partial charge in [0.05, 0.1) is 11.1 Å². The predicted molar refractivity (Wildman–Crippen MR) is 129 cm³/mol. The van der Waals surface area contributed by atoms with Crippen LogP contribution in [-0.2, 0) is 30.7 Å². The Kier molecular flexibility index (Phi) is 6.84. The first-order chi connectivity index (χ1) is 15.0. The first kappa shape index (κ1) is 22.1. The van der Waals surface area contributed by atoms with Crippen LogP contribution in [0.5, 0.6) is 0 Å². The molecule has 1 aliphatic rings. The summed E-state index contributed by atoms with van der Waals surface area (Å²) in [5.41, 5.74) is 2.08. The third-order valence-electron chi connectivity index (χ3n) is 5.40. The lowest BCUT2D eigenvalue weighted by Gasteiger charge is -2.17. The molecule has 1 aromatic carbocycles. The van der Waals surface area contributed by atoms with E-state index in [1.165, 1.54) is 22.2 Å². The van der Waals surface area contributed by atoms with Crippen LogP contribution in [0.15, 0.2) is 46.9 Å². The molecule has 2 heterocycles. The van der Waals surface area contributed by atoms with Crippen LogP contribution < -0.4 is 10.9 Å². The van der Waals surface area contributed by atoms with E-state index in [4.69, 9.17) is 16.6 Å². The second-order valence-corrected chi connectivity index (χ2v) is 10.3. The van der Waals surface area contributed by atoms with Crippen molar-refractivity contribution in [2.75, 3.05) is 5.75 Å². The van der Waals surface area contributed by atoms with Crippen molar-refractivity contribution in [2.24, 2.45) is 5.92 Å². The van der Waals surface area contributed by atoms with E-state index in [1.54, 1.807) is 28.0 Å². The average Bonchev–Trinajstić information content (AvgIpc) is 3.10. The second kappa shape index (κ2) is 9.59. The number of fused-ring (bicyclic) bond motifs is 3. The maximum Gasteiger partial charge on any atom is 0.263 e. The third-order valence-corrected chi connectivity index (χ3v) is 7.76. The number of amides is 1. The summed E-state index contributed by atoms with van der Waals surface area (Å²) in [5, 5.41) is 4.84. The Bertz CT molecular complexity index is 1200. The number of thiophene rings is 1. The standard InChI is InChI=1S/C23H24ClN3O2S2/c1-3-9-27-22(29)20-17-8-7-14(2)10-18(17)31-21(20)26-23(27)30-13-19(28)25-12-15-5-4-6-16(24)11-15/h3-6,11,14H,1,7-10,12-13H2,2H3,(H,25,28). The molecule has 0 radical (unpaired) electrons. The lowest BCUT2D eigenvalue weighted by molar-refractivity contribution is -0.118. The van der Waals surface area contributed by atoms with Crippen LogP contribution in [0.1, 0.15) is 29.3 Å². The van der Waals surface area contributed by atoms with Crippen LogP contribution in [0.3, 0.4) is 0 Å². The van der Waals surface area contributed by atoms with E-state index in [9.17, 15) is 9.59 Å². The van der Waals surface area contributed by atoms with Gasteiger partial charge in [-0.15, -0.1) is 17.9 Å². The van der Waals surface area contributed by atoms with Gasteiger partial charge in [-0.25, -0.2) is 4.98 Å². The van der Waals surface area contributed by atoms with Crippen LogP contribution in [0.2, 0.25) is 5.02 Å². The number of allylic oxidation sites excluding steroid dienone is 1. The van der Waals surface area contributed by atoms with Gasteiger partial charge in [0.25, 0.3) is 5.56 Å². The number of hydrogen-bond donors (Lipinski definition) is 1. The topological polar surface area (TPSA) is 64.0 Å². The lowest BCUT2D eigenvalue weighted by Crippen LogP contribution is -2.26. The molecule has 162 valence electrons. The van der Waals surface area contributed by atoms with E-state index in [0.717, 1.165) is 35.0 Å². The number of aromatic nitrogens is 2. The minimum Gasteiger partial charge on any atom is -0.351 e. The van der Waals surface area contributed by atoms with E-state index < -0.39 is 0 Å². The number of carbonyl (C=O) groups excluding carboxylic acids is 1. The molecule has 0 spiro atoms. The number of thioether (sulfide) groups is 1. The van der Waals surface area contributed by atoms with Gasteiger partial charge in [-0.1, -0.05) is 48.5 Å². The highest BCUT2D eigenvalue weighted by Crippen LogP contribution is 2.36. The maximum atomic E-state index is 13.3. The number of nitrogens with zero attached hydrogens (tertiary/aromatic N) is 2. The summed E-state index contributed by atoms with van der Waals surface area (Å²) in [6, 6.07) is 7.39. The Balaban J connectivity index is 1.54. The molecule has 0 aliphatic heterocycles. The summed E-state index contributed by atoms with van der Waals surface area (Å²) >= 11 is 8.90. The van der Waals surface area contributed by atoms with E-state index in [2.05, 4.69) is 18.8 Å². The SMILES string of the molecule is C=CCn1c(SCC(=O)NCc2cccc(Cl)c2)nc2sc3c(c2c1=O)CCC(C)C3. The summed E-state index contributed by atoms with van der Waals surface area (Å²) < 4.78 is 1.63. The molecule has 5 nitrogen and oxygen atoms in total. The Morgan fingerprint density at radius 2 is 2.32 bits per heavy atom. The van der Waals surface area contributed by atoms with Crippen LogP contribution in [0, 0.1) is 5.92 Å². The van der Waals surface area contributed by atoms with Crippen LogP contribution >= 0.6 is 34.7 Å². The molecule has 1 aliphatic carbocycles. The smallest absolute Gasteiger partial charge is 0.263 e. The second-order valence-electron chi connectivity index (χ2n) is 7.83. The fourth-order valence-electron chi connectivity index (χ4n) is 3.83. The molecule has 1 atom stereocenters. The number of rotatable bonds is 7. The van der Waals surface area contributed by atoms with Gasteiger partial charge >= 0.3 is 0 Å². The van der Waals surface area contributed by atoms with Gasteiger partial charge < -0.3 is 5.32 Å². The predicted octanol–water partition coefficient (Wildman–Crippen LogP) is 4.83. The van der Waals surface area contributed by atoms with Crippen molar-refractivity contribution < 1.29 is 4.79 Å². The van der Waals surface area contributed by atoms with Gasteiger partial charge in [0.15, 0.2) is 5.16 Å². The van der Waals surface area contributed by atoms with Crippen LogP contribution in [-0.4, -0.2) is 21.2 Å². The average molecular weight is 474 g/mol. The highest BCUT2D eigenvalue weighted by atomic mass is 35.5. The molecule has 1 amide bonds. The van der Waals surface area contributed by atoms with Crippen LogP contribution in [0.25, 0.3) is 10.2 Å². The summed E-state index contributed by atoms with van der Waals surface area (Å²) in [5.74, 6) is 0.689. The van der Waals surface area contributed by atoms with Crippen molar-refractivity contribution in [1.82, 2.24) is 14.9 Å². The van der Waals surface area contributed by atoms with E-state index >= 15 is 0 Å². The molecule has 3 aromatic rings. The van der Waals surface area contributed by atoms with Gasteiger partial charge in [0.2, 0.25) is 5.91 Å². The highest BCUT2D eigenvalue weighted by molar-refractivity contribution is 7.99. The van der Waals surface area contributed by atoms with E-state index in [-0.39, 0.29) is 17.2 Å². The molecule has 0 fully saturated rings. The largest absolute Gasteiger partial charge is 0.351 e. The van der Waals surface area contributed by atoms with E-state index in [0.29, 0.717) is 29.2 Å². The van der Waals surface area contributed by atoms with Crippen LogP contribution in [0.4, 0.5) is 0 Å². The number of hydrogen-bond acceptors (Lipinski definition) is 5. The summed E-state index contributed by atoms with van der Waals surface area (Å²) in [4.78, 5) is 32.5. The summed E-state index contributed by atoms with van der Waals surface area (Å²) in [7, 11) is 0. The van der Waals surface area contributed by atoms with Gasteiger partial charge in [-0.3, -0.25) is 14.2 Å². The van der Waals surface area contributed by atoms with Crippen molar-refractivity contribution in [3.05, 3.63) is 68.3 Å². The molecule has 8 heteroatoms. The fourth-order valence-corrected chi connectivity index (χ4v) is 6.31. The zero-order valence-electron chi connectivity index (χ0n) is 17.3. The number of carbonyl (C=O) groups is 1. The molecule has 2 aromatic heterocycles. The Hall–Kier alpha value is -2.09. The fraction of sp³-hybridized carbons (Fsp3) is 0.348. The third kappa shape index (κ3) is 4.89. The molecule has 0 bridgehead atoms. The molecule has 0 saturated heterocycles. The zero-order chi connectivity index (χ0) is 22.0. The summed E-state index contributed by atoms with van der Waals surface area (Å²) in [6.45, 7) is 6.81. The first-order valence-corrected chi connectivity index (χ1v) is 12.4. The molecular weight excluding hydrogens is 450 g/mol. The van der Waals surface area contributed by atoms with Crippen molar-refractivity contribution in [1.29, 1.82) is 0 Å². The Morgan fingerprint density at radius 1 is 1.48 bits per heavy atom. The Morgan fingerprint density at radius 3 is 3.10 bits per heavy atom. The molecule has 1 unspecified atom stereocenters. The van der Waals surface area contributed by atoms with Crippen molar-refractivity contribution in [2.45, 2.75) is 44.4 Å². The van der Waals surface area contributed by atoms with Crippen molar-refractivity contribution in [3.63, 3.8) is 0 Å². The molecule has 31 heavy (non-hydrogen) atoms. The number of aryl methyl sites for hydroxylation is 1. The van der Waals surface area contributed by atoms with Gasteiger partial charge in [0, 0.05) is 23.0 Å². The normalized spacial score (nSPS) is 15.6. The maximum absolute atomic E-state index is 13.3. The highest BCUT2D eigenvalue weighted by Gasteiger charge is 2.24. The molecule has 1 N–H and O–H groups in total. The molecule has 4 rings (SSSR count). The van der Waals surface area contributed by atoms with Gasteiger partial charge in [0.1, 0.15) is 4.83 Å².